The molecular formula is C16H26N4O3S. The van der Waals surface area contributed by atoms with Crippen molar-refractivity contribution in [3.8, 4) is 0 Å². The number of hydrogen-bond donors (Lipinski definition) is 3. The molecule has 4 N–H and O–H groups in total. The van der Waals surface area contributed by atoms with Gasteiger partial charge in [-0.25, -0.2) is 18.4 Å². The first-order valence-electron chi connectivity index (χ1n) is 8.17. The summed E-state index contributed by atoms with van der Waals surface area (Å²) < 4.78 is 22.3. The Bertz CT molecular complexity index is 670. The molecule has 0 aliphatic carbocycles. The SMILES string of the molecule is CC1CCN(c2cccc(NC(=O)NC[C@H](C)S(N)(=O)=O)c2)CC1. The lowest BCUT2D eigenvalue weighted by molar-refractivity contribution is 0.252. The Morgan fingerprint density at radius 1 is 1.38 bits per heavy atom. The Morgan fingerprint density at radius 2 is 2.04 bits per heavy atom. The van der Waals surface area contributed by atoms with E-state index in [0.717, 1.165) is 24.7 Å². The van der Waals surface area contributed by atoms with Gasteiger partial charge in [0.25, 0.3) is 0 Å². The van der Waals surface area contributed by atoms with Crippen LogP contribution >= 0.6 is 0 Å². The lowest BCUT2D eigenvalue weighted by Crippen LogP contribution is -2.39. The monoisotopic (exact) mass is 354 g/mol. The quantitative estimate of drug-likeness (QED) is 0.749. The van der Waals surface area contributed by atoms with Crippen molar-refractivity contribution in [3.05, 3.63) is 24.3 Å². The number of carbonyl (C=O) groups excluding carboxylic acids is 1. The molecule has 0 saturated carbocycles. The van der Waals surface area contributed by atoms with E-state index in [9.17, 15) is 13.2 Å². The van der Waals surface area contributed by atoms with Crippen molar-refractivity contribution in [2.75, 3.05) is 29.9 Å². The highest BCUT2D eigenvalue weighted by molar-refractivity contribution is 7.89. The molecule has 134 valence electrons. The highest BCUT2D eigenvalue weighted by Gasteiger charge is 2.18. The van der Waals surface area contributed by atoms with Gasteiger partial charge in [0.05, 0.1) is 5.25 Å². The van der Waals surface area contributed by atoms with Gasteiger partial charge in [-0.15, -0.1) is 0 Å². The van der Waals surface area contributed by atoms with Crippen molar-refractivity contribution < 1.29 is 13.2 Å². The Morgan fingerprint density at radius 3 is 2.67 bits per heavy atom. The van der Waals surface area contributed by atoms with Crippen LogP contribution < -0.4 is 20.7 Å². The van der Waals surface area contributed by atoms with Crippen LogP contribution in [0.25, 0.3) is 0 Å². The van der Waals surface area contributed by atoms with Gasteiger partial charge in [0.2, 0.25) is 10.0 Å². The van der Waals surface area contributed by atoms with Gasteiger partial charge in [-0.2, -0.15) is 0 Å². The maximum Gasteiger partial charge on any atom is 0.319 e. The van der Waals surface area contributed by atoms with Crippen molar-refractivity contribution in [2.45, 2.75) is 31.9 Å². The zero-order valence-electron chi connectivity index (χ0n) is 14.2. The summed E-state index contributed by atoms with van der Waals surface area (Å²) in [7, 11) is -3.65. The molecule has 0 bridgehead atoms. The summed E-state index contributed by atoms with van der Waals surface area (Å²) in [4.78, 5) is 14.2. The van der Waals surface area contributed by atoms with Gasteiger partial charge >= 0.3 is 6.03 Å². The van der Waals surface area contributed by atoms with Crippen molar-refractivity contribution >= 4 is 27.4 Å². The van der Waals surface area contributed by atoms with Crippen LogP contribution in [0, 0.1) is 5.92 Å². The number of anilines is 2. The molecule has 1 aliphatic heterocycles. The first kappa shape index (κ1) is 18.5. The maximum absolute atomic E-state index is 11.9. The van der Waals surface area contributed by atoms with Gasteiger partial charge in [-0.05, 0) is 43.9 Å². The third-order valence-corrected chi connectivity index (χ3v) is 5.65. The van der Waals surface area contributed by atoms with Crippen LogP contribution in [-0.4, -0.2) is 39.3 Å². The minimum absolute atomic E-state index is 0.0334. The summed E-state index contributed by atoms with van der Waals surface area (Å²) in [6.45, 7) is 5.72. The van der Waals surface area contributed by atoms with Crippen molar-refractivity contribution in [2.24, 2.45) is 11.1 Å². The topological polar surface area (TPSA) is 105 Å². The van der Waals surface area contributed by atoms with E-state index in [1.165, 1.54) is 19.8 Å². The lowest BCUT2D eigenvalue weighted by atomic mass is 9.99. The van der Waals surface area contributed by atoms with Crippen LogP contribution in [0.3, 0.4) is 0 Å². The van der Waals surface area contributed by atoms with Gasteiger partial charge in [0.1, 0.15) is 0 Å². The highest BCUT2D eigenvalue weighted by Crippen LogP contribution is 2.25. The molecule has 0 spiro atoms. The third kappa shape index (κ3) is 5.38. The molecule has 0 aromatic heterocycles. The van der Waals surface area contributed by atoms with Gasteiger partial charge in [-0.3, -0.25) is 0 Å². The maximum atomic E-state index is 11.9. The van der Waals surface area contributed by atoms with E-state index in [-0.39, 0.29) is 6.54 Å². The fourth-order valence-electron chi connectivity index (χ4n) is 2.58. The fraction of sp³-hybridized carbons (Fsp3) is 0.562. The predicted octanol–water partition coefficient (Wildman–Crippen LogP) is 1.72. The van der Waals surface area contributed by atoms with Crippen molar-refractivity contribution in [1.29, 1.82) is 0 Å². The number of nitrogens with one attached hydrogen (secondary N) is 2. The molecule has 7 nitrogen and oxygen atoms in total. The number of piperidine rings is 1. The summed E-state index contributed by atoms with van der Waals surface area (Å²) in [6.07, 6.45) is 2.34. The second-order valence-corrected chi connectivity index (χ2v) is 8.44. The number of hydrogen-bond acceptors (Lipinski definition) is 4. The van der Waals surface area contributed by atoms with Gasteiger partial charge in [0, 0.05) is 31.0 Å². The zero-order chi connectivity index (χ0) is 17.7. The van der Waals surface area contributed by atoms with E-state index in [2.05, 4.69) is 22.5 Å². The van der Waals surface area contributed by atoms with E-state index >= 15 is 0 Å². The van der Waals surface area contributed by atoms with Crippen LogP contribution in [0.2, 0.25) is 0 Å². The van der Waals surface area contributed by atoms with Gasteiger partial charge < -0.3 is 15.5 Å². The predicted molar refractivity (Wildman–Crippen MR) is 96.6 cm³/mol. The van der Waals surface area contributed by atoms with Crippen molar-refractivity contribution in [1.82, 2.24) is 5.32 Å². The number of nitrogens with zero attached hydrogens (tertiary/aromatic N) is 1. The molecule has 24 heavy (non-hydrogen) atoms. The summed E-state index contributed by atoms with van der Waals surface area (Å²) in [5, 5.41) is 9.44. The summed E-state index contributed by atoms with van der Waals surface area (Å²) >= 11 is 0. The summed E-state index contributed by atoms with van der Waals surface area (Å²) in [5.41, 5.74) is 1.75. The van der Waals surface area contributed by atoms with Crippen LogP contribution in [0.5, 0.6) is 0 Å². The fourth-order valence-corrected chi connectivity index (χ4v) is 2.89. The van der Waals surface area contributed by atoms with Crippen molar-refractivity contribution in [3.63, 3.8) is 0 Å². The average Bonchev–Trinajstić information content (AvgIpc) is 2.52. The molecule has 1 atom stereocenters. The zero-order valence-corrected chi connectivity index (χ0v) is 15.0. The van der Waals surface area contributed by atoms with E-state index < -0.39 is 21.3 Å². The molecule has 1 aromatic carbocycles. The molecular weight excluding hydrogens is 328 g/mol. The van der Waals surface area contributed by atoms with E-state index in [1.807, 2.05) is 18.2 Å². The number of sulfonamides is 1. The molecule has 1 aliphatic rings. The summed E-state index contributed by atoms with van der Waals surface area (Å²) in [6, 6.07) is 7.21. The number of rotatable bonds is 5. The number of urea groups is 1. The standard InChI is InChI=1S/C16H26N4O3S/c1-12-6-8-20(9-7-12)15-5-3-4-14(10-15)19-16(21)18-11-13(2)24(17,22)23/h3-5,10,12-13H,6-9,11H2,1-2H3,(H2,17,22,23)(H2,18,19,21)/t13-/m0/s1. The number of carbonyl (C=O) groups is 1. The highest BCUT2D eigenvalue weighted by atomic mass is 32.2. The minimum Gasteiger partial charge on any atom is -0.371 e. The van der Waals surface area contributed by atoms with E-state index in [1.54, 1.807) is 6.07 Å². The normalized spacial score (nSPS) is 17.4. The second-order valence-electron chi connectivity index (χ2n) is 6.45. The molecule has 1 fully saturated rings. The number of benzene rings is 1. The second kappa shape index (κ2) is 7.85. The Balaban J connectivity index is 1.91. The van der Waals surface area contributed by atoms with E-state index in [0.29, 0.717) is 5.69 Å². The molecule has 0 unspecified atom stereocenters. The minimum atomic E-state index is -3.65. The van der Waals surface area contributed by atoms with Crippen LogP contribution in [0.15, 0.2) is 24.3 Å². The van der Waals surface area contributed by atoms with Gasteiger partial charge in [0.15, 0.2) is 0 Å². The first-order chi connectivity index (χ1) is 11.3. The first-order valence-corrected chi connectivity index (χ1v) is 9.78. The number of nitrogens with two attached hydrogens (primary N) is 1. The Kier molecular flexibility index (Phi) is 6.06. The molecule has 1 heterocycles. The van der Waals surface area contributed by atoms with E-state index in [4.69, 9.17) is 5.14 Å². The molecule has 0 radical (unpaired) electrons. The molecule has 2 amide bonds. The molecule has 2 rings (SSSR count). The average molecular weight is 354 g/mol. The molecule has 1 saturated heterocycles. The Hall–Kier alpha value is -1.80. The van der Waals surface area contributed by atoms with Crippen LogP contribution in [0.4, 0.5) is 16.2 Å². The molecule has 1 aromatic rings. The largest absolute Gasteiger partial charge is 0.371 e. The third-order valence-electron chi connectivity index (χ3n) is 4.36. The Labute approximate surface area is 143 Å². The smallest absolute Gasteiger partial charge is 0.319 e. The van der Waals surface area contributed by atoms with Gasteiger partial charge in [-0.1, -0.05) is 13.0 Å². The molecule has 8 heteroatoms. The van der Waals surface area contributed by atoms with Crippen LogP contribution in [-0.2, 0) is 10.0 Å². The number of primary sulfonamides is 1. The number of amides is 2. The lowest BCUT2D eigenvalue weighted by Gasteiger charge is -2.32. The summed E-state index contributed by atoms with van der Waals surface area (Å²) in [5.74, 6) is 0.758. The van der Waals surface area contributed by atoms with Crippen LogP contribution in [0.1, 0.15) is 26.7 Å².